The number of benzene rings is 2. The van der Waals surface area contributed by atoms with Crippen molar-refractivity contribution in [1.82, 2.24) is 5.32 Å². The first-order valence-corrected chi connectivity index (χ1v) is 9.83. The van der Waals surface area contributed by atoms with Crippen LogP contribution in [0.4, 0.5) is 40.8 Å². The SMILES string of the molecule is COC(=O)CCNC(=O)[C@H](C)N1C(=O)C(F)(F)Oc2cc(F)c(-c3c(F)c(F)c(F)c(F)c3F)cc21. The molecule has 0 radical (unpaired) electrons. The molecule has 0 spiro atoms. The van der Waals surface area contributed by atoms with Crippen LogP contribution in [0, 0.1) is 34.9 Å². The number of carbonyl (C=O) groups is 3. The second-order valence-corrected chi connectivity index (χ2v) is 7.33. The number of alkyl halides is 2. The fourth-order valence-corrected chi connectivity index (χ4v) is 3.32. The van der Waals surface area contributed by atoms with E-state index in [0.717, 1.165) is 14.0 Å². The average molecular weight is 526 g/mol. The zero-order valence-corrected chi connectivity index (χ0v) is 18.2. The Hall–Kier alpha value is -3.91. The van der Waals surface area contributed by atoms with Crippen molar-refractivity contribution in [3.8, 4) is 16.9 Å². The number of amides is 2. The fourth-order valence-electron chi connectivity index (χ4n) is 3.32. The van der Waals surface area contributed by atoms with Crippen molar-refractivity contribution in [2.45, 2.75) is 25.5 Å². The number of nitrogens with zero attached hydrogens (tertiary/aromatic N) is 1. The summed E-state index contributed by atoms with van der Waals surface area (Å²) < 4.78 is 121. The van der Waals surface area contributed by atoms with Crippen LogP contribution in [0.5, 0.6) is 5.75 Å². The summed E-state index contributed by atoms with van der Waals surface area (Å²) in [7, 11) is 1.07. The summed E-state index contributed by atoms with van der Waals surface area (Å²) in [5.41, 5.74) is -3.88. The molecule has 0 fully saturated rings. The van der Waals surface area contributed by atoms with Crippen LogP contribution in [0.2, 0.25) is 0 Å². The number of methoxy groups -OCH3 is 1. The Bertz CT molecular complexity index is 1240. The van der Waals surface area contributed by atoms with Gasteiger partial charge in [-0.15, -0.1) is 0 Å². The summed E-state index contributed by atoms with van der Waals surface area (Å²) in [5, 5.41) is 2.17. The fraction of sp³-hybridized carbons (Fsp3) is 0.286. The number of hydrogen-bond donors (Lipinski definition) is 1. The molecule has 2 aromatic rings. The maximum Gasteiger partial charge on any atom is 0.483 e. The predicted molar refractivity (Wildman–Crippen MR) is 104 cm³/mol. The normalized spacial score (nSPS) is 15.2. The van der Waals surface area contributed by atoms with Crippen LogP contribution in [0.3, 0.4) is 0 Å². The summed E-state index contributed by atoms with van der Waals surface area (Å²) in [4.78, 5) is 36.1. The van der Waals surface area contributed by atoms with Crippen LogP contribution in [-0.4, -0.2) is 43.6 Å². The van der Waals surface area contributed by atoms with E-state index >= 15 is 0 Å². The number of fused-ring (bicyclic) bond motifs is 1. The number of hydrogen-bond acceptors (Lipinski definition) is 5. The molecule has 1 aliphatic rings. The number of nitrogens with one attached hydrogen (secondary N) is 1. The number of carbonyl (C=O) groups excluding carboxylic acids is 3. The molecular weight excluding hydrogens is 512 g/mol. The lowest BCUT2D eigenvalue weighted by Gasteiger charge is -2.36. The quantitative estimate of drug-likeness (QED) is 0.269. The Labute approximate surface area is 196 Å². The molecule has 0 aliphatic carbocycles. The van der Waals surface area contributed by atoms with Crippen molar-refractivity contribution in [3.63, 3.8) is 0 Å². The summed E-state index contributed by atoms with van der Waals surface area (Å²) in [6.07, 6.45) is -4.94. The van der Waals surface area contributed by atoms with Crippen molar-refractivity contribution in [2.75, 3.05) is 18.6 Å². The van der Waals surface area contributed by atoms with E-state index in [2.05, 4.69) is 14.8 Å². The Morgan fingerprint density at radius 3 is 2.14 bits per heavy atom. The molecule has 0 saturated carbocycles. The molecule has 0 saturated heterocycles. The maximum atomic E-state index is 14.7. The largest absolute Gasteiger partial charge is 0.483 e. The van der Waals surface area contributed by atoms with Crippen LogP contribution in [-0.2, 0) is 19.1 Å². The van der Waals surface area contributed by atoms with Gasteiger partial charge in [-0.05, 0) is 13.0 Å². The molecule has 1 heterocycles. The lowest BCUT2D eigenvalue weighted by atomic mass is 10.00. The van der Waals surface area contributed by atoms with Gasteiger partial charge in [0, 0.05) is 18.2 Å². The van der Waals surface area contributed by atoms with Crippen LogP contribution in [0.1, 0.15) is 13.3 Å². The van der Waals surface area contributed by atoms with E-state index in [0.29, 0.717) is 6.07 Å². The molecule has 15 heteroatoms. The zero-order valence-electron chi connectivity index (χ0n) is 18.2. The summed E-state index contributed by atoms with van der Waals surface area (Å²) >= 11 is 0. The number of anilines is 1. The van der Waals surface area contributed by atoms with Gasteiger partial charge in [-0.3, -0.25) is 19.3 Å². The van der Waals surface area contributed by atoms with Gasteiger partial charge in [0.15, 0.2) is 29.0 Å². The minimum Gasteiger partial charge on any atom is -0.469 e. The van der Waals surface area contributed by atoms with Crippen molar-refractivity contribution in [3.05, 3.63) is 47.0 Å². The first kappa shape index (κ1) is 26.7. The molecule has 1 atom stereocenters. The monoisotopic (exact) mass is 526 g/mol. The van der Waals surface area contributed by atoms with Crippen LogP contribution >= 0.6 is 0 Å². The number of rotatable bonds is 6. The van der Waals surface area contributed by atoms with Crippen LogP contribution < -0.4 is 15.0 Å². The molecule has 194 valence electrons. The third kappa shape index (κ3) is 4.52. The highest BCUT2D eigenvalue weighted by Gasteiger charge is 2.53. The van der Waals surface area contributed by atoms with Gasteiger partial charge in [0.2, 0.25) is 11.7 Å². The summed E-state index contributed by atoms with van der Waals surface area (Å²) in [6, 6.07) is -1.34. The summed E-state index contributed by atoms with van der Waals surface area (Å²) in [6.45, 7) is 0.606. The van der Waals surface area contributed by atoms with Gasteiger partial charge in [-0.2, -0.15) is 8.78 Å². The highest BCUT2D eigenvalue weighted by molar-refractivity contribution is 6.06. The van der Waals surface area contributed by atoms with Crippen molar-refractivity contribution < 1.29 is 59.0 Å². The van der Waals surface area contributed by atoms with Crippen molar-refractivity contribution in [1.29, 1.82) is 0 Å². The van der Waals surface area contributed by atoms with Crippen LogP contribution in [0.25, 0.3) is 11.1 Å². The highest BCUT2D eigenvalue weighted by Crippen LogP contribution is 2.45. The molecule has 2 aromatic carbocycles. The zero-order chi connectivity index (χ0) is 27.1. The highest BCUT2D eigenvalue weighted by atomic mass is 19.3. The van der Waals surface area contributed by atoms with Gasteiger partial charge < -0.3 is 14.8 Å². The molecule has 7 nitrogen and oxygen atoms in total. The number of halogens is 8. The predicted octanol–water partition coefficient (Wildman–Crippen LogP) is 3.57. The molecule has 36 heavy (non-hydrogen) atoms. The van der Waals surface area contributed by atoms with Crippen LogP contribution in [0.15, 0.2) is 12.1 Å². The van der Waals surface area contributed by atoms with E-state index in [-0.39, 0.29) is 23.9 Å². The first-order chi connectivity index (χ1) is 16.7. The Balaban J connectivity index is 2.13. The molecule has 0 bridgehead atoms. The Morgan fingerprint density at radius 2 is 1.58 bits per heavy atom. The summed E-state index contributed by atoms with van der Waals surface area (Å²) in [5.74, 6) is -19.0. The third-order valence-electron chi connectivity index (χ3n) is 5.12. The smallest absolute Gasteiger partial charge is 0.469 e. The van der Waals surface area contributed by atoms with Crippen molar-refractivity contribution in [2.24, 2.45) is 0 Å². The Morgan fingerprint density at radius 1 is 1.03 bits per heavy atom. The molecule has 0 aromatic heterocycles. The molecule has 1 N–H and O–H groups in total. The molecule has 3 rings (SSSR count). The molecule has 2 amide bonds. The third-order valence-corrected chi connectivity index (χ3v) is 5.12. The number of esters is 1. The average Bonchev–Trinajstić information content (AvgIpc) is 2.82. The van der Waals surface area contributed by atoms with E-state index in [1.165, 1.54) is 0 Å². The van der Waals surface area contributed by atoms with E-state index in [1.54, 1.807) is 0 Å². The standard InChI is InChI=1S/C21H14F8N2O5/c1-7(19(33)30-4-3-12(32)35-2)31-10-5-8(9(22)6-11(10)36-21(28,29)20(31)34)13-14(23)16(25)18(27)17(26)15(13)24/h5-7H,3-4H2,1-2H3,(H,30,33)/t7-/m0/s1. The minimum absolute atomic E-state index is 0.0985. The molecular formula is C21H14F8N2O5. The van der Waals surface area contributed by atoms with Gasteiger partial charge in [0.25, 0.3) is 0 Å². The second kappa shape index (κ2) is 9.62. The second-order valence-electron chi connectivity index (χ2n) is 7.33. The van der Waals surface area contributed by atoms with Gasteiger partial charge in [0.1, 0.15) is 11.9 Å². The van der Waals surface area contributed by atoms with E-state index in [1.807, 2.05) is 0 Å². The molecule has 1 aliphatic heterocycles. The van der Waals surface area contributed by atoms with Gasteiger partial charge >= 0.3 is 18.0 Å². The lowest BCUT2D eigenvalue weighted by Crippen LogP contribution is -2.57. The topological polar surface area (TPSA) is 84.9 Å². The number of ether oxygens (including phenoxy) is 2. The van der Waals surface area contributed by atoms with Gasteiger partial charge in [-0.25, -0.2) is 26.3 Å². The van der Waals surface area contributed by atoms with E-state index in [4.69, 9.17) is 0 Å². The first-order valence-electron chi connectivity index (χ1n) is 9.83. The van der Waals surface area contributed by atoms with E-state index < -0.39 is 87.4 Å². The Kier molecular flexibility index (Phi) is 7.13. The van der Waals surface area contributed by atoms with Crippen molar-refractivity contribution >= 4 is 23.5 Å². The van der Waals surface area contributed by atoms with Gasteiger partial charge in [0.05, 0.1) is 24.8 Å². The minimum atomic E-state index is -4.62. The maximum absolute atomic E-state index is 14.7. The lowest BCUT2D eigenvalue weighted by molar-refractivity contribution is -0.193. The van der Waals surface area contributed by atoms with Gasteiger partial charge in [-0.1, -0.05) is 0 Å². The molecule has 0 unspecified atom stereocenters. The van der Waals surface area contributed by atoms with E-state index in [9.17, 15) is 49.5 Å².